The average Bonchev–Trinajstić information content (AvgIpc) is 2.59. The Morgan fingerprint density at radius 3 is 2.00 bits per heavy atom. The molecule has 1 atom stereocenters. The summed E-state index contributed by atoms with van der Waals surface area (Å²) in [5.74, 6) is 2.58. The zero-order valence-corrected chi connectivity index (χ0v) is 19.0. The van der Waals surface area contributed by atoms with Gasteiger partial charge in [0.05, 0.1) is 6.61 Å². The van der Waals surface area contributed by atoms with Gasteiger partial charge in [0.15, 0.2) is 0 Å². The Bertz CT molecular complexity index is 538. The molecule has 28 heavy (non-hydrogen) atoms. The van der Waals surface area contributed by atoms with Crippen molar-refractivity contribution in [2.45, 2.75) is 98.2 Å². The van der Waals surface area contributed by atoms with Gasteiger partial charge in [-0.2, -0.15) is 0 Å². The smallest absolute Gasteiger partial charge is 0.335 e. The summed E-state index contributed by atoms with van der Waals surface area (Å²) >= 11 is 0. The van der Waals surface area contributed by atoms with E-state index in [-0.39, 0.29) is 5.97 Å². The summed E-state index contributed by atoms with van der Waals surface area (Å²) in [6.07, 6.45) is 10.4. The molecule has 4 aliphatic rings. The maximum Gasteiger partial charge on any atom is 0.335 e. The SMILES string of the molecule is CCOC(=O)/C(C)=C\N[C@H](CN(C(C)C)C(C)C)C12CC3CC(CC(C3)C1)C2. The van der Waals surface area contributed by atoms with Gasteiger partial charge in [-0.25, -0.2) is 4.79 Å². The molecule has 0 heterocycles. The van der Waals surface area contributed by atoms with E-state index in [0.29, 0.717) is 35.7 Å². The van der Waals surface area contributed by atoms with Crippen LogP contribution >= 0.6 is 0 Å². The molecule has 1 N–H and O–H groups in total. The van der Waals surface area contributed by atoms with Crippen molar-refractivity contribution in [1.82, 2.24) is 10.2 Å². The lowest BCUT2D eigenvalue weighted by atomic mass is 9.47. The molecule has 0 aromatic heterocycles. The van der Waals surface area contributed by atoms with Crippen LogP contribution in [0.15, 0.2) is 11.8 Å². The zero-order chi connectivity index (χ0) is 20.5. The van der Waals surface area contributed by atoms with Gasteiger partial charge in [-0.3, -0.25) is 4.90 Å². The van der Waals surface area contributed by atoms with Crippen LogP contribution in [-0.4, -0.2) is 42.1 Å². The molecule has 0 aromatic rings. The van der Waals surface area contributed by atoms with Gasteiger partial charge in [-0.05, 0) is 103 Å². The van der Waals surface area contributed by atoms with E-state index >= 15 is 0 Å². The highest BCUT2D eigenvalue weighted by Gasteiger charge is 2.54. The highest BCUT2D eigenvalue weighted by atomic mass is 16.5. The summed E-state index contributed by atoms with van der Waals surface area (Å²) in [5, 5.41) is 3.75. The third-order valence-corrected chi connectivity index (χ3v) is 7.64. The van der Waals surface area contributed by atoms with E-state index < -0.39 is 0 Å². The van der Waals surface area contributed by atoms with Crippen LogP contribution in [0.1, 0.15) is 80.1 Å². The Balaban J connectivity index is 1.82. The predicted octanol–water partition coefficient (Wildman–Crippen LogP) is 4.75. The van der Waals surface area contributed by atoms with Crippen molar-refractivity contribution in [3.63, 3.8) is 0 Å². The molecule has 4 bridgehead atoms. The van der Waals surface area contributed by atoms with E-state index in [9.17, 15) is 4.79 Å². The van der Waals surface area contributed by atoms with Crippen molar-refractivity contribution in [2.75, 3.05) is 13.2 Å². The van der Waals surface area contributed by atoms with Gasteiger partial charge in [0.2, 0.25) is 0 Å². The molecule has 0 spiro atoms. The summed E-state index contributed by atoms with van der Waals surface area (Å²) in [7, 11) is 0. The Morgan fingerprint density at radius 1 is 1.07 bits per heavy atom. The molecule has 4 nitrogen and oxygen atoms in total. The molecule has 0 aromatic carbocycles. The highest BCUT2D eigenvalue weighted by Crippen LogP contribution is 2.61. The van der Waals surface area contributed by atoms with Gasteiger partial charge in [0, 0.05) is 36.4 Å². The van der Waals surface area contributed by atoms with E-state index in [1.165, 1.54) is 38.5 Å². The molecule has 0 saturated heterocycles. The van der Waals surface area contributed by atoms with Gasteiger partial charge >= 0.3 is 5.97 Å². The molecular weight excluding hydrogens is 348 g/mol. The average molecular weight is 391 g/mol. The van der Waals surface area contributed by atoms with Crippen LogP contribution in [0.5, 0.6) is 0 Å². The third kappa shape index (κ3) is 4.58. The first-order valence-corrected chi connectivity index (χ1v) is 11.6. The summed E-state index contributed by atoms with van der Waals surface area (Å²) in [4.78, 5) is 14.7. The van der Waals surface area contributed by atoms with Crippen LogP contribution in [0.25, 0.3) is 0 Å². The number of rotatable bonds is 9. The first-order valence-electron chi connectivity index (χ1n) is 11.6. The Hall–Kier alpha value is -1.03. The molecule has 0 amide bonds. The normalized spacial score (nSPS) is 33.0. The first-order chi connectivity index (χ1) is 13.2. The molecule has 4 heteroatoms. The van der Waals surface area contributed by atoms with Crippen molar-refractivity contribution in [2.24, 2.45) is 23.2 Å². The maximum absolute atomic E-state index is 12.1. The van der Waals surface area contributed by atoms with Gasteiger partial charge < -0.3 is 10.1 Å². The van der Waals surface area contributed by atoms with E-state index in [1.54, 1.807) is 0 Å². The lowest BCUT2D eigenvalue weighted by Crippen LogP contribution is -2.59. The monoisotopic (exact) mass is 390 g/mol. The van der Waals surface area contributed by atoms with Crippen molar-refractivity contribution >= 4 is 5.97 Å². The van der Waals surface area contributed by atoms with Gasteiger partial charge in [-0.15, -0.1) is 0 Å². The topological polar surface area (TPSA) is 41.6 Å². The van der Waals surface area contributed by atoms with Crippen LogP contribution in [0.4, 0.5) is 0 Å². The van der Waals surface area contributed by atoms with E-state index in [4.69, 9.17) is 4.74 Å². The lowest BCUT2D eigenvalue weighted by Gasteiger charge is -2.60. The van der Waals surface area contributed by atoms with Gasteiger partial charge in [0.1, 0.15) is 0 Å². The summed E-state index contributed by atoms with van der Waals surface area (Å²) in [6, 6.07) is 1.44. The quantitative estimate of drug-likeness (QED) is 0.456. The fraction of sp³-hybridized carbons (Fsp3) is 0.875. The third-order valence-electron chi connectivity index (χ3n) is 7.64. The minimum atomic E-state index is -0.205. The van der Waals surface area contributed by atoms with E-state index in [2.05, 4.69) is 37.9 Å². The summed E-state index contributed by atoms with van der Waals surface area (Å²) < 4.78 is 5.19. The first kappa shape index (κ1) is 21.7. The van der Waals surface area contributed by atoms with Crippen molar-refractivity contribution < 1.29 is 9.53 Å². The zero-order valence-electron chi connectivity index (χ0n) is 19.0. The number of carbonyl (C=O) groups excluding carboxylic acids is 1. The second-order valence-corrected chi connectivity index (χ2v) is 10.4. The fourth-order valence-corrected chi connectivity index (χ4v) is 6.79. The van der Waals surface area contributed by atoms with Gasteiger partial charge in [-0.1, -0.05) is 0 Å². The minimum absolute atomic E-state index is 0.205. The largest absolute Gasteiger partial charge is 0.463 e. The number of ether oxygens (including phenoxy) is 1. The number of esters is 1. The van der Waals surface area contributed by atoms with Crippen LogP contribution in [0.2, 0.25) is 0 Å². The van der Waals surface area contributed by atoms with Gasteiger partial charge in [0.25, 0.3) is 0 Å². The fourth-order valence-electron chi connectivity index (χ4n) is 6.79. The highest BCUT2D eigenvalue weighted by molar-refractivity contribution is 5.87. The maximum atomic E-state index is 12.1. The molecule has 4 saturated carbocycles. The lowest BCUT2D eigenvalue weighted by molar-refractivity contribution is -0.138. The number of hydrogen-bond acceptors (Lipinski definition) is 4. The van der Waals surface area contributed by atoms with Crippen molar-refractivity contribution in [3.05, 3.63) is 11.8 Å². The Morgan fingerprint density at radius 2 is 1.57 bits per heavy atom. The minimum Gasteiger partial charge on any atom is -0.463 e. The number of hydrogen-bond donors (Lipinski definition) is 1. The second kappa shape index (κ2) is 8.77. The standard InChI is InChI=1S/C24H42N2O2/c1-7-28-23(27)18(6)14-25-22(15-26(16(2)3)17(4)5)24-11-19-8-20(12-24)10-21(9-19)13-24/h14,16-17,19-22,25H,7-13,15H2,1-6H3/b18-14-/t19?,20?,21?,22-,24?/m1/s1. The number of nitrogens with zero attached hydrogens (tertiary/aromatic N) is 1. The molecule has 0 aliphatic heterocycles. The molecular formula is C24H42N2O2. The van der Waals surface area contributed by atoms with Crippen LogP contribution in [0, 0.1) is 23.2 Å². The van der Waals surface area contributed by atoms with Crippen LogP contribution in [0.3, 0.4) is 0 Å². The molecule has 4 rings (SSSR count). The Kier molecular flexibility index (Phi) is 6.79. The summed E-state index contributed by atoms with van der Waals surface area (Å²) in [6.45, 7) is 14.4. The second-order valence-electron chi connectivity index (χ2n) is 10.4. The van der Waals surface area contributed by atoms with E-state index in [0.717, 1.165) is 24.3 Å². The van der Waals surface area contributed by atoms with Crippen molar-refractivity contribution in [3.8, 4) is 0 Å². The Labute approximate surface area is 172 Å². The molecule has 0 unspecified atom stereocenters. The number of nitrogens with one attached hydrogen (secondary N) is 1. The van der Waals surface area contributed by atoms with Crippen LogP contribution < -0.4 is 5.32 Å². The molecule has 0 radical (unpaired) electrons. The molecule has 160 valence electrons. The summed E-state index contributed by atoms with van der Waals surface area (Å²) in [5.41, 5.74) is 1.07. The molecule has 4 fully saturated rings. The number of carbonyl (C=O) groups is 1. The predicted molar refractivity (Wildman–Crippen MR) is 115 cm³/mol. The van der Waals surface area contributed by atoms with Crippen molar-refractivity contribution in [1.29, 1.82) is 0 Å². The van der Waals surface area contributed by atoms with Crippen LogP contribution in [-0.2, 0) is 9.53 Å². The molecule has 4 aliphatic carbocycles. The van der Waals surface area contributed by atoms with E-state index in [1.807, 2.05) is 20.0 Å².